The Kier molecular flexibility index (Phi) is 8.06. The van der Waals surface area contributed by atoms with Gasteiger partial charge in [0.25, 0.3) is 0 Å². The first-order valence-corrected chi connectivity index (χ1v) is 11.0. The van der Waals surface area contributed by atoms with Crippen LogP contribution in [0.3, 0.4) is 0 Å². The number of nitrogens with one attached hydrogen (secondary N) is 2. The molecule has 0 saturated heterocycles. The van der Waals surface area contributed by atoms with E-state index in [1.165, 1.54) is 7.11 Å². The van der Waals surface area contributed by atoms with E-state index in [0.29, 0.717) is 0 Å². The lowest BCUT2D eigenvalue weighted by Gasteiger charge is -2.23. The minimum absolute atomic E-state index is 0.105. The molecule has 0 aromatic heterocycles. The Balaban J connectivity index is 1.66. The van der Waals surface area contributed by atoms with Crippen LogP contribution in [0.4, 0.5) is 4.79 Å². The van der Waals surface area contributed by atoms with Crippen molar-refractivity contribution in [1.82, 2.24) is 10.6 Å². The number of benzene rings is 2. The fourth-order valence-corrected chi connectivity index (χ4v) is 4.05. The quantitative estimate of drug-likeness (QED) is 0.508. The third-order valence-electron chi connectivity index (χ3n) is 5.79. The van der Waals surface area contributed by atoms with E-state index in [2.05, 4.69) is 10.6 Å². The molecule has 2 aromatic carbocycles. The lowest BCUT2D eigenvalue weighted by atomic mass is 9.98. The van der Waals surface area contributed by atoms with Gasteiger partial charge < -0.3 is 25.2 Å². The highest BCUT2D eigenvalue weighted by atomic mass is 16.5. The lowest BCUT2D eigenvalue weighted by molar-refractivity contribution is -0.143. The number of methoxy groups -OCH3 is 1. The molecule has 3 rings (SSSR count). The third kappa shape index (κ3) is 5.70. The number of ether oxygens (including phenoxy) is 2. The number of fused-ring (bicyclic) bond motifs is 3. The molecule has 2 atom stereocenters. The van der Waals surface area contributed by atoms with Gasteiger partial charge in [-0.2, -0.15) is 0 Å². The summed E-state index contributed by atoms with van der Waals surface area (Å²) in [6, 6.07) is 14.0. The van der Waals surface area contributed by atoms with E-state index in [1.54, 1.807) is 13.8 Å². The van der Waals surface area contributed by atoms with Crippen LogP contribution in [-0.2, 0) is 19.1 Å². The fraction of sp³-hybridized carbons (Fsp3) is 0.400. The van der Waals surface area contributed by atoms with Gasteiger partial charge in [0.1, 0.15) is 18.7 Å². The first-order chi connectivity index (χ1) is 15.8. The molecule has 0 fully saturated rings. The number of rotatable bonds is 10. The number of carboxylic acid groups (broad SMARTS) is 1. The van der Waals surface area contributed by atoms with Crippen molar-refractivity contribution in [3.63, 3.8) is 0 Å². The van der Waals surface area contributed by atoms with Crippen molar-refractivity contribution in [3.05, 3.63) is 59.7 Å². The van der Waals surface area contributed by atoms with Crippen molar-refractivity contribution >= 4 is 18.0 Å². The van der Waals surface area contributed by atoms with Gasteiger partial charge in [-0.1, -0.05) is 62.4 Å². The molecule has 2 amide bonds. The molecule has 2 aromatic rings. The first kappa shape index (κ1) is 24.3. The molecule has 1 aliphatic rings. The predicted molar refractivity (Wildman–Crippen MR) is 123 cm³/mol. The van der Waals surface area contributed by atoms with Crippen LogP contribution in [0, 0.1) is 5.92 Å². The first-order valence-electron chi connectivity index (χ1n) is 11.0. The Bertz CT molecular complexity index is 960. The van der Waals surface area contributed by atoms with Crippen LogP contribution in [0.5, 0.6) is 0 Å². The second-order valence-corrected chi connectivity index (χ2v) is 8.37. The average Bonchev–Trinajstić information content (AvgIpc) is 3.12. The summed E-state index contributed by atoms with van der Waals surface area (Å²) >= 11 is 0. The zero-order valence-corrected chi connectivity index (χ0v) is 19.0. The van der Waals surface area contributed by atoms with Gasteiger partial charge in [0, 0.05) is 26.1 Å². The predicted octanol–water partition coefficient (Wildman–Crippen LogP) is 3.16. The maximum Gasteiger partial charge on any atom is 0.407 e. The maximum atomic E-state index is 12.7. The standard InChI is InChI=1S/C25H30N2O6/c1-15(2)22(24(29)30)27-23(28)21(12-13-32-3)26-25(31)33-14-20-18-10-6-4-8-16(18)17-9-5-7-11-19(17)20/h4-11,15,20-22H,12-14H2,1-3H3,(H,26,31)(H,27,28)(H,29,30)/t21?,22-/m1/s1. The number of hydrogen-bond donors (Lipinski definition) is 3. The molecule has 33 heavy (non-hydrogen) atoms. The second-order valence-electron chi connectivity index (χ2n) is 8.37. The minimum atomic E-state index is -1.13. The SMILES string of the molecule is COCCC(NC(=O)OCC1c2ccccc2-c2ccccc21)C(=O)N[C@@H](C(=O)O)C(C)C. The van der Waals surface area contributed by atoms with Crippen LogP contribution in [0.25, 0.3) is 11.1 Å². The van der Waals surface area contributed by atoms with Gasteiger partial charge in [0.15, 0.2) is 0 Å². The number of carbonyl (C=O) groups is 3. The van der Waals surface area contributed by atoms with Crippen LogP contribution in [0.1, 0.15) is 37.3 Å². The molecule has 0 saturated carbocycles. The second kappa shape index (κ2) is 11.0. The van der Waals surface area contributed by atoms with E-state index in [-0.39, 0.29) is 31.5 Å². The largest absolute Gasteiger partial charge is 0.480 e. The van der Waals surface area contributed by atoms with Crippen molar-refractivity contribution in [2.75, 3.05) is 20.3 Å². The Morgan fingerprint density at radius 3 is 2.06 bits per heavy atom. The number of carboxylic acids is 1. The summed E-state index contributed by atoms with van der Waals surface area (Å²) in [5.74, 6) is -2.15. The molecule has 0 bridgehead atoms. The molecule has 0 aliphatic heterocycles. The summed E-state index contributed by atoms with van der Waals surface area (Å²) in [5.41, 5.74) is 4.41. The Morgan fingerprint density at radius 1 is 0.970 bits per heavy atom. The summed E-state index contributed by atoms with van der Waals surface area (Å²) in [6.07, 6.45) is -0.568. The summed E-state index contributed by atoms with van der Waals surface area (Å²) in [5, 5.41) is 14.4. The van der Waals surface area contributed by atoms with Crippen molar-refractivity contribution < 1.29 is 29.0 Å². The zero-order chi connectivity index (χ0) is 24.0. The molecule has 3 N–H and O–H groups in total. The van der Waals surface area contributed by atoms with Crippen molar-refractivity contribution in [2.24, 2.45) is 5.92 Å². The van der Waals surface area contributed by atoms with Crippen LogP contribution >= 0.6 is 0 Å². The molecule has 0 spiro atoms. The van der Waals surface area contributed by atoms with Gasteiger partial charge in [0.05, 0.1) is 0 Å². The third-order valence-corrected chi connectivity index (χ3v) is 5.79. The number of alkyl carbamates (subject to hydrolysis) is 1. The molecule has 1 unspecified atom stereocenters. The average molecular weight is 455 g/mol. The molecular weight excluding hydrogens is 424 g/mol. The molecule has 0 heterocycles. The van der Waals surface area contributed by atoms with E-state index in [4.69, 9.17) is 9.47 Å². The highest BCUT2D eigenvalue weighted by molar-refractivity contribution is 5.89. The summed E-state index contributed by atoms with van der Waals surface area (Å²) in [7, 11) is 1.48. The van der Waals surface area contributed by atoms with E-state index in [9.17, 15) is 19.5 Å². The van der Waals surface area contributed by atoms with Gasteiger partial charge in [-0.15, -0.1) is 0 Å². The topological polar surface area (TPSA) is 114 Å². The monoisotopic (exact) mass is 454 g/mol. The molecule has 8 heteroatoms. The number of hydrogen-bond acceptors (Lipinski definition) is 5. The van der Waals surface area contributed by atoms with Crippen LogP contribution in [-0.4, -0.2) is 55.5 Å². The Morgan fingerprint density at radius 2 is 1.55 bits per heavy atom. The Labute approximate surface area is 193 Å². The fourth-order valence-electron chi connectivity index (χ4n) is 4.05. The van der Waals surface area contributed by atoms with Crippen molar-refractivity contribution in [3.8, 4) is 11.1 Å². The summed E-state index contributed by atoms with van der Waals surface area (Å²) in [6.45, 7) is 3.72. The molecule has 0 radical (unpaired) electrons. The van der Waals surface area contributed by atoms with Gasteiger partial charge in [0.2, 0.25) is 5.91 Å². The van der Waals surface area contributed by atoms with E-state index in [0.717, 1.165) is 22.3 Å². The summed E-state index contributed by atoms with van der Waals surface area (Å²) < 4.78 is 10.5. The van der Waals surface area contributed by atoms with Crippen molar-refractivity contribution in [2.45, 2.75) is 38.3 Å². The highest BCUT2D eigenvalue weighted by Crippen LogP contribution is 2.44. The number of amides is 2. The van der Waals surface area contributed by atoms with Gasteiger partial charge in [-0.25, -0.2) is 9.59 Å². The van der Waals surface area contributed by atoms with Crippen LogP contribution in [0.2, 0.25) is 0 Å². The van der Waals surface area contributed by atoms with E-state index >= 15 is 0 Å². The van der Waals surface area contributed by atoms with Gasteiger partial charge in [-0.05, 0) is 28.2 Å². The highest BCUT2D eigenvalue weighted by Gasteiger charge is 2.31. The van der Waals surface area contributed by atoms with Crippen LogP contribution < -0.4 is 10.6 Å². The normalized spacial score (nSPS) is 14.2. The minimum Gasteiger partial charge on any atom is -0.480 e. The van der Waals surface area contributed by atoms with Gasteiger partial charge in [-0.3, -0.25) is 4.79 Å². The smallest absolute Gasteiger partial charge is 0.407 e. The molecular formula is C25H30N2O6. The number of carbonyl (C=O) groups excluding carboxylic acids is 2. The maximum absolute atomic E-state index is 12.7. The zero-order valence-electron chi connectivity index (χ0n) is 19.0. The van der Waals surface area contributed by atoms with E-state index < -0.39 is 30.1 Å². The van der Waals surface area contributed by atoms with Crippen molar-refractivity contribution in [1.29, 1.82) is 0 Å². The molecule has 1 aliphatic carbocycles. The van der Waals surface area contributed by atoms with E-state index in [1.807, 2.05) is 48.5 Å². The molecule has 8 nitrogen and oxygen atoms in total. The number of aliphatic carboxylic acids is 1. The van der Waals surface area contributed by atoms with Crippen LogP contribution in [0.15, 0.2) is 48.5 Å². The lowest BCUT2D eigenvalue weighted by Crippen LogP contribution is -2.53. The Hall–Kier alpha value is -3.39. The molecule has 176 valence electrons. The summed E-state index contributed by atoms with van der Waals surface area (Å²) in [4.78, 5) is 36.7. The van der Waals surface area contributed by atoms with Gasteiger partial charge >= 0.3 is 12.1 Å².